The van der Waals surface area contributed by atoms with Crippen LogP contribution in [0.15, 0.2) is 59.8 Å². The molecule has 2 aromatic carbocycles. The van der Waals surface area contributed by atoms with Gasteiger partial charge >= 0.3 is 0 Å². The van der Waals surface area contributed by atoms with E-state index in [0.717, 1.165) is 30.4 Å². The maximum Gasteiger partial charge on any atom is 0.253 e. The van der Waals surface area contributed by atoms with Gasteiger partial charge in [-0.1, -0.05) is 43.7 Å². The summed E-state index contributed by atoms with van der Waals surface area (Å²) in [5, 5.41) is 6.36. The fourth-order valence-electron chi connectivity index (χ4n) is 3.84. The fourth-order valence-corrected chi connectivity index (χ4v) is 3.84. The number of anilines is 1. The third-order valence-electron chi connectivity index (χ3n) is 5.76. The van der Waals surface area contributed by atoms with Crippen LogP contribution in [-0.4, -0.2) is 52.8 Å². The van der Waals surface area contributed by atoms with Crippen LogP contribution in [0.25, 0.3) is 11.3 Å². The van der Waals surface area contributed by atoms with Crippen molar-refractivity contribution in [3.8, 4) is 11.3 Å². The number of rotatable bonds is 7. The average Bonchev–Trinajstić information content (AvgIpc) is 3.24. The molecule has 1 aliphatic rings. The van der Waals surface area contributed by atoms with E-state index in [-0.39, 0.29) is 11.7 Å². The highest BCUT2D eigenvalue weighted by Gasteiger charge is 2.32. The van der Waals surface area contributed by atoms with Gasteiger partial charge in [-0.25, -0.2) is 9.97 Å². The first-order valence-corrected chi connectivity index (χ1v) is 11.4. The first-order valence-electron chi connectivity index (χ1n) is 11.4. The van der Waals surface area contributed by atoms with E-state index in [1.165, 1.54) is 5.56 Å². The Labute approximate surface area is 200 Å². The Morgan fingerprint density at radius 3 is 2.59 bits per heavy atom. The van der Waals surface area contributed by atoms with Gasteiger partial charge < -0.3 is 15.4 Å². The number of hydrogen-bond acceptors (Lipinski definition) is 7. The highest BCUT2D eigenvalue weighted by molar-refractivity contribution is 5.96. The zero-order valence-electron chi connectivity index (χ0n) is 20.0. The van der Waals surface area contributed by atoms with Crippen molar-refractivity contribution in [3.05, 3.63) is 77.1 Å². The molecule has 8 nitrogen and oxygen atoms in total. The van der Waals surface area contributed by atoms with Crippen LogP contribution in [0.2, 0.25) is 0 Å². The van der Waals surface area contributed by atoms with Crippen molar-refractivity contribution in [1.29, 1.82) is 0 Å². The quantitative estimate of drug-likeness (QED) is 0.573. The molecular formula is C26H30N6O2. The SMILES string of the molecule is CCCCc1ccccc1C1=NN(C)C(c2nc(-c3ccc(C(=O)N(C)C)cc3)cnc2N)O1. The van der Waals surface area contributed by atoms with Crippen LogP contribution in [-0.2, 0) is 11.2 Å². The monoisotopic (exact) mass is 458 g/mol. The molecule has 0 spiro atoms. The van der Waals surface area contributed by atoms with E-state index < -0.39 is 6.23 Å². The maximum atomic E-state index is 12.2. The third kappa shape index (κ3) is 4.71. The number of amides is 1. The van der Waals surface area contributed by atoms with E-state index in [1.807, 2.05) is 37.4 Å². The van der Waals surface area contributed by atoms with Gasteiger partial charge in [0.05, 0.1) is 11.9 Å². The van der Waals surface area contributed by atoms with E-state index in [0.29, 0.717) is 22.8 Å². The number of aryl methyl sites for hydroxylation is 1. The van der Waals surface area contributed by atoms with Crippen LogP contribution in [0.1, 0.15) is 53.2 Å². The molecule has 3 aromatic rings. The molecule has 0 radical (unpaired) electrons. The lowest BCUT2D eigenvalue weighted by atomic mass is 10.0. The molecule has 2 N–H and O–H groups in total. The molecule has 0 aliphatic carbocycles. The van der Waals surface area contributed by atoms with Crippen molar-refractivity contribution in [3.63, 3.8) is 0 Å². The Morgan fingerprint density at radius 2 is 1.88 bits per heavy atom. The van der Waals surface area contributed by atoms with Crippen molar-refractivity contribution in [2.24, 2.45) is 5.10 Å². The van der Waals surface area contributed by atoms with Crippen LogP contribution in [0.5, 0.6) is 0 Å². The number of hydrogen-bond donors (Lipinski definition) is 1. The van der Waals surface area contributed by atoms with Crippen LogP contribution in [0.3, 0.4) is 0 Å². The number of carbonyl (C=O) groups excluding carboxylic acids is 1. The van der Waals surface area contributed by atoms with Crippen molar-refractivity contribution < 1.29 is 9.53 Å². The summed E-state index contributed by atoms with van der Waals surface area (Å²) in [6.45, 7) is 2.18. The Morgan fingerprint density at radius 1 is 1.15 bits per heavy atom. The van der Waals surface area contributed by atoms with Gasteiger partial charge in [-0.3, -0.25) is 9.80 Å². The number of carbonyl (C=O) groups is 1. The molecule has 2 heterocycles. The molecule has 0 bridgehead atoms. The molecule has 0 saturated heterocycles. The van der Waals surface area contributed by atoms with Gasteiger partial charge in [0.15, 0.2) is 5.82 Å². The van der Waals surface area contributed by atoms with Crippen molar-refractivity contribution in [2.75, 3.05) is 26.9 Å². The molecule has 4 rings (SSSR count). The lowest BCUT2D eigenvalue weighted by Gasteiger charge is -2.19. The van der Waals surface area contributed by atoms with E-state index in [1.54, 1.807) is 42.3 Å². The second kappa shape index (κ2) is 9.91. The normalized spacial score (nSPS) is 15.1. The van der Waals surface area contributed by atoms with Crippen LogP contribution < -0.4 is 5.73 Å². The summed E-state index contributed by atoms with van der Waals surface area (Å²) in [5.74, 6) is 0.786. The second-order valence-electron chi connectivity index (χ2n) is 8.51. The number of benzene rings is 2. The summed E-state index contributed by atoms with van der Waals surface area (Å²) in [6.07, 6.45) is 4.22. The molecular weight excluding hydrogens is 428 g/mol. The average molecular weight is 459 g/mol. The molecule has 1 atom stereocenters. The smallest absolute Gasteiger partial charge is 0.253 e. The topological polar surface area (TPSA) is 96.9 Å². The minimum atomic E-state index is -0.587. The van der Waals surface area contributed by atoms with Gasteiger partial charge in [-0.05, 0) is 36.6 Å². The van der Waals surface area contributed by atoms with Gasteiger partial charge in [-0.2, -0.15) is 0 Å². The summed E-state index contributed by atoms with van der Waals surface area (Å²) >= 11 is 0. The number of ether oxygens (including phenoxy) is 1. The predicted octanol–water partition coefficient (Wildman–Crippen LogP) is 4.09. The zero-order valence-corrected chi connectivity index (χ0v) is 20.0. The number of nitrogen functional groups attached to an aromatic ring is 1. The molecule has 34 heavy (non-hydrogen) atoms. The van der Waals surface area contributed by atoms with Crippen LogP contribution >= 0.6 is 0 Å². The first-order chi connectivity index (χ1) is 16.4. The lowest BCUT2D eigenvalue weighted by molar-refractivity contribution is 0.0744. The predicted molar refractivity (Wildman–Crippen MR) is 133 cm³/mol. The van der Waals surface area contributed by atoms with E-state index in [2.05, 4.69) is 23.1 Å². The summed E-state index contributed by atoms with van der Waals surface area (Å²) in [5.41, 5.74) is 11.0. The van der Waals surface area contributed by atoms with Gasteiger partial charge in [0.2, 0.25) is 12.1 Å². The summed E-state index contributed by atoms with van der Waals surface area (Å²) < 4.78 is 6.26. The van der Waals surface area contributed by atoms with Crippen LogP contribution in [0, 0.1) is 0 Å². The molecule has 8 heteroatoms. The number of aromatic nitrogens is 2. The Balaban J connectivity index is 1.59. The Hall–Kier alpha value is -3.94. The summed E-state index contributed by atoms with van der Waals surface area (Å²) in [6, 6.07) is 15.4. The summed E-state index contributed by atoms with van der Waals surface area (Å²) in [7, 11) is 5.29. The minimum Gasteiger partial charge on any atom is -0.444 e. The van der Waals surface area contributed by atoms with Gasteiger partial charge in [0, 0.05) is 37.8 Å². The summed E-state index contributed by atoms with van der Waals surface area (Å²) in [4.78, 5) is 22.8. The molecule has 1 aromatic heterocycles. The van der Waals surface area contributed by atoms with E-state index >= 15 is 0 Å². The highest BCUT2D eigenvalue weighted by atomic mass is 16.5. The number of nitrogens with zero attached hydrogens (tertiary/aromatic N) is 5. The minimum absolute atomic E-state index is 0.0551. The Kier molecular flexibility index (Phi) is 6.77. The zero-order chi connectivity index (χ0) is 24.2. The fraction of sp³-hybridized carbons (Fsp3) is 0.308. The molecule has 1 unspecified atom stereocenters. The Bertz CT molecular complexity index is 1210. The van der Waals surface area contributed by atoms with E-state index in [9.17, 15) is 4.79 Å². The standard InChI is InChI=1S/C26H30N6O2/c1-5-6-9-17-10-7-8-11-20(17)24-30-32(4)26(34-24)22-23(27)28-16-21(29-22)18-12-14-19(15-13-18)25(33)31(2)3/h7-8,10-16,26H,5-6,9H2,1-4H3,(H2,27,28). The lowest BCUT2D eigenvalue weighted by Crippen LogP contribution is -2.21. The number of hydrazone groups is 1. The largest absolute Gasteiger partial charge is 0.444 e. The number of unbranched alkanes of at least 4 members (excludes halogenated alkanes) is 1. The third-order valence-corrected chi connectivity index (χ3v) is 5.76. The molecule has 1 aliphatic heterocycles. The maximum absolute atomic E-state index is 12.2. The van der Waals surface area contributed by atoms with Crippen molar-refractivity contribution in [2.45, 2.75) is 32.4 Å². The first kappa shape index (κ1) is 23.2. The van der Waals surface area contributed by atoms with Gasteiger partial charge in [-0.15, -0.1) is 5.10 Å². The highest BCUT2D eigenvalue weighted by Crippen LogP contribution is 2.32. The van der Waals surface area contributed by atoms with Crippen molar-refractivity contribution in [1.82, 2.24) is 19.9 Å². The van der Waals surface area contributed by atoms with Gasteiger partial charge in [0.1, 0.15) is 5.69 Å². The molecule has 1 amide bonds. The second-order valence-corrected chi connectivity index (χ2v) is 8.51. The van der Waals surface area contributed by atoms with Gasteiger partial charge in [0.25, 0.3) is 5.91 Å². The van der Waals surface area contributed by atoms with Crippen molar-refractivity contribution >= 4 is 17.6 Å². The number of nitrogens with two attached hydrogens (primary N) is 1. The molecule has 176 valence electrons. The van der Waals surface area contributed by atoms with E-state index in [4.69, 9.17) is 15.5 Å². The van der Waals surface area contributed by atoms with Crippen LogP contribution in [0.4, 0.5) is 5.82 Å². The molecule has 0 saturated carbocycles. The molecule has 0 fully saturated rings.